The summed E-state index contributed by atoms with van der Waals surface area (Å²) < 4.78 is 5.76. The molecule has 3 aromatic rings. The van der Waals surface area contributed by atoms with Gasteiger partial charge in [-0.05, 0) is 49.2 Å². The number of aryl methyl sites for hydroxylation is 1. The lowest BCUT2D eigenvalue weighted by atomic mass is 10.0. The number of furan rings is 1. The van der Waals surface area contributed by atoms with Crippen LogP contribution in [0.3, 0.4) is 0 Å². The standard InChI is InChI=1S/C24H20N2O4/c1-15-8-9-18(24(28)29)13-21(15)22-11-10-20(30-22)12-19(14-25)23(27)26-16(2)17-6-4-3-5-7-17/h3-13,16H,1-2H3,(H,26,27)(H,28,29)/b19-12-/t16-/m0/s1. The highest BCUT2D eigenvalue weighted by molar-refractivity contribution is 6.01. The summed E-state index contributed by atoms with van der Waals surface area (Å²) >= 11 is 0. The number of aromatic carboxylic acids is 1. The summed E-state index contributed by atoms with van der Waals surface area (Å²) in [5.74, 6) is -0.754. The lowest BCUT2D eigenvalue weighted by molar-refractivity contribution is -0.117. The van der Waals surface area contributed by atoms with Crippen molar-refractivity contribution in [3.05, 3.63) is 88.7 Å². The Hall–Kier alpha value is -4.11. The number of carbonyl (C=O) groups excluding carboxylic acids is 1. The number of nitriles is 1. The number of amides is 1. The molecule has 1 heterocycles. The number of hydrogen-bond acceptors (Lipinski definition) is 4. The van der Waals surface area contributed by atoms with Gasteiger partial charge in [-0.15, -0.1) is 0 Å². The van der Waals surface area contributed by atoms with E-state index >= 15 is 0 Å². The minimum atomic E-state index is -1.03. The summed E-state index contributed by atoms with van der Waals surface area (Å²) in [5, 5.41) is 21.4. The highest BCUT2D eigenvalue weighted by Crippen LogP contribution is 2.27. The molecule has 0 saturated carbocycles. The van der Waals surface area contributed by atoms with Gasteiger partial charge in [-0.3, -0.25) is 4.79 Å². The van der Waals surface area contributed by atoms with Gasteiger partial charge in [-0.2, -0.15) is 5.26 Å². The molecule has 2 aromatic carbocycles. The predicted octanol–water partition coefficient (Wildman–Crippen LogP) is 4.74. The van der Waals surface area contributed by atoms with Gasteiger partial charge in [0.05, 0.1) is 11.6 Å². The van der Waals surface area contributed by atoms with E-state index in [2.05, 4.69) is 5.32 Å². The third-order valence-electron chi connectivity index (χ3n) is 4.68. The van der Waals surface area contributed by atoms with Gasteiger partial charge < -0.3 is 14.8 Å². The molecule has 30 heavy (non-hydrogen) atoms. The molecule has 0 aliphatic rings. The van der Waals surface area contributed by atoms with Crippen LogP contribution in [-0.4, -0.2) is 17.0 Å². The molecule has 0 spiro atoms. The van der Waals surface area contributed by atoms with Gasteiger partial charge in [-0.25, -0.2) is 4.79 Å². The summed E-state index contributed by atoms with van der Waals surface area (Å²) in [6.45, 7) is 3.68. The molecule has 0 radical (unpaired) electrons. The van der Waals surface area contributed by atoms with E-state index in [1.54, 1.807) is 18.2 Å². The van der Waals surface area contributed by atoms with Gasteiger partial charge in [-0.1, -0.05) is 36.4 Å². The summed E-state index contributed by atoms with van der Waals surface area (Å²) in [6, 6.07) is 19.2. The van der Waals surface area contributed by atoms with Crippen LogP contribution in [0.15, 0.2) is 70.7 Å². The van der Waals surface area contributed by atoms with Crippen LogP contribution >= 0.6 is 0 Å². The summed E-state index contributed by atoms with van der Waals surface area (Å²) in [7, 11) is 0. The Morgan fingerprint density at radius 1 is 1.13 bits per heavy atom. The molecule has 3 rings (SSSR count). The summed E-state index contributed by atoms with van der Waals surface area (Å²) in [4.78, 5) is 23.7. The highest BCUT2D eigenvalue weighted by Gasteiger charge is 2.15. The molecule has 6 nitrogen and oxygen atoms in total. The molecule has 1 amide bonds. The largest absolute Gasteiger partial charge is 0.478 e. The number of rotatable bonds is 6. The molecule has 0 aliphatic heterocycles. The third kappa shape index (κ3) is 4.65. The zero-order valence-electron chi connectivity index (χ0n) is 16.5. The first-order valence-electron chi connectivity index (χ1n) is 9.31. The number of carboxylic acid groups (broad SMARTS) is 1. The molecular weight excluding hydrogens is 380 g/mol. The smallest absolute Gasteiger partial charge is 0.335 e. The minimum Gasteiger partial charge on any atom is -0.478 e. The highest BCUT2D eigenvalue weighted by atomic mass is 16.4. The Kier molecular flexibility index (Phi) is 6.14. The van der Waals surface area contributed by atoms with E-state index in [-0.39, 0.29) is 17.2 Å². The second kappa shape index (κ2) is 8.93. The summed E-state index contributed by atoms with van der Waals surface area (Å²) in [6.07, 6.45) is 1.37. The first-order chi connectivity index (χ1) is 14.4. The Morgan fingerprint density at radius 3 is 2.53 bits per heavy atom. The van der Waals surface area contributed by atoms with Crippen molar-refractivity contribution >= 4 is 18.0 Å². The fourth-order valence-electron chi connectivity index (χ4n) is 2.99. The van der Waals surface area contributed by atoms with E-state index in [0.717, 1.165) is 11.1 Å². The fourth-order valence-corrected chi connectivity index (χ4v) is 2.99. The number of carbonyl (C=O) groups is 2. The van der Waals surface area contributed by atoms with Crippen LogP contribution in [0, 0.1) is 18.3 Å². The van der Waals surface area contributed by atoms with Crippen molar-refractivity contribution in [3.8, 4) is 17.4 Å². The van der Waals surface area contributed by atoms with Crippen LogP contribution in [0.4, 0.5) is 0 Å². The van der Waals surface area contributed by atoms with Gasteiger partial charge >= 0.3 is 5.97 Å². The zero-order valence-corrected chi connectivity index (χ0v) is 16.5. The van der Waals surface area contributed by atoms with Crippen LogP contribution in [-0.2, 0) is 4.79 Å². The molecule has 0 fully saturated rings. The molecule has 0 saturated heterocycles. The maximum absolute atomic E-state index is 12.5. The van der Waals surface area contributed by atoms with E-state index in [9.17, 15) is 20.0 Å². The van der Waals surface area contributed by atoms with Crippen LogP contribution in [0.2, 0.25) is 0 Å². The second-order valence-electron chi connectivity index (χ2n) is 6.81. The molecule has 0 bridgehead atoms. The number of hydrogen-bond donors (Lipinski definition) is 2. The van der Waals surface area contributed by atoms with E-state index in [1.165, 1.54) is 18.2 Å². The van der Waals surface area contributed by atoms with Crippen molar-refractivity contribution in [2.24, 2.45) is 0 Å². The van der Waals surface area contributed by atoms with Gasteiger partial charge in [0.1, 0.15) is 23.2 Å². The first-order valence-corrected chi connectivity index (χ1v) is 9.31. The quantitative estimate of drug-likeness (QED) is 0.460. The Balaban J connectivity index is 1.82. The SMILES string of the molecule is Cc1ccc(C(=O)O)cc1-c1ccc(/C=C(/C#N)C(=O)N[C@@H](C)c2ccccc2)o1. The molecule has 0 unspecified atom stereocenters. The van der Waals surface area contributed by atoms with Crippen LogP contribution in [0.5, 0.6) is 0 Å². The Labute approximate surface area is 174 Å². The first kappa shape index (κ1) is 20.6. The van der Waals surface area contributed by atoms with E-state index in [1.807, 2.05) is 50.2 Å². The zero-order chi connectivity index (χ0) is 21.7. The Morgan fingerprint density at radius 2 is 1.87 bits per heavy atom. The van der Waals surface area contributed by atoms with Crippen molar-refractivity contribution in [1.82, 2.24) is 5.32 Å². The van der Waals surface area contributed by atoms with Crippen molar-refractivity contribution in [1.29, 1.82) is 5.26 Å². The second-order valence-corrected chi connectivity index (χ2v) is 6.81. The average molecular weight is 400 g/mol. The lowest BCUT2D eigenvalue weighted by Crippen LogP contribution is -2.27. The van der Waals surface area contributed by atoms with E-state index in [4.69, 9.17) is 4.42 Å². The monoisotopic (exact) mass is 400 g/mol. The van der Waals surface area contributed by atoms with Crippen molar-refractivity contribution in [3.63, 3.8) is 0 Å². The van der Waals surface area contributed by atoms with Crippen LogP contribution < -0.4 is 5.32 Å². The molecule has 2 N–H and O–H groups in total. The average Bonchev–Trinajstić information content (AvgIpc) is 3.21. The lowest BCUT2D eigenvalue weighted by Gasteiger charge is -2.13. The Bertz CT molecular complexity index is 1150. The molecule has 1 aromatic heterocycles. The third-order valence-corrected chi connectivity index (χ3v) is 4.68. The van der Waals surface area contributed by atoms with E-state index in [0.29, 0.717) is 17.1 Å². The van der Waals surface area contributed by atoms with Gasteiger partial charge in [0, 0.05) is 11.6 Å². The number of nitrogens with one attached hydrogen (secondary N) is 1. The number of benzene rings is 2. The topological polar surface area (TPSA) is 103 Å². The van der Waals surface area contributed by atoms with Crippen molar-refractivity contribution < 1.29 is 19.1 Å². The molecular formula is C24H20N2O4. The maximum Gasteiger partial charge on any atom is 0.335 e. The maximum atomic E-state index is 12.5. The van der Waals surface area contributed by atoms with Crippen molar-refractivity contribution in [2.45, 2.75) is 19.9 Å². The minimum absolute atomic E-state index is 0.0883. The fraction of sp³-hybridized carbons (Fsp3) is 0.125. The van der Waals surface area contributed by atoms with Crippen LogP contribution in [0.1, 0.15) is 40.2 Å². The molecule has 6 heteroatoms. The van der Waals surface area contributed by atoms with Gasteiger partial charge in [0.2, 0.25) is 0 Å². The summed E-state index contributed by atoms with van der Waals surface area (Å²) in [5.41, 5.74) is 2.47. The molecule has 150 valence electrons. The van der Waals surface area contributed by atoms with Gasteiger partial charge in [0.15, 0.2) is 0 Å². The number of nitrogens with zero attached hydrogens (tertiary/aromatic N) is 1. The van der Waals surface area contributed by atoms with E-state index < -0.39 is 11.9 Å². The molecule has 1 atom stereocenters. The predicted molar refractivity (Wildman–Crippen MR) is 112 cm³/mol. The van der Waals surface area contributed by atoms with Crippen molar-refractivity contribution in [2.75, 3.05) is 0 Å². The van der Waals surface area contributed by atoms with Gasteiger partial charge in [0.25, 0.3) is 5.91 Å². The number of carboxylic acids is 1. The normalized spacial score (nSPS) is 12.1. The van der Waals surface area contributed by atoms with Crippen LogP contribution in [0.25, 0.3) is 17.4 Å². The molecule has 0 aliphatic carbocycles.